The van der Waals surface area contributed by atoms with Gasteiger partial charge in [-0.1, -0.05) is 0 Å². The minimum atomic E-state index is -0.350. The summed E-state index contributed by atoms with van der Waals surface area (Å²) in [6.07, 6.45) is -0.350. The van der Waals surface area contributed by atoms with Crippen LogP contribution in [-0.4, -0.2) is 48.6 Å². The number of rotatable bonds is 3. The number of aromatic nitrogens is 1. The van der Waals surface area contributed by atoms with E-state index >= 15 is 0 Å². The molecule has 1 N–H and O–H groups in total. The van der Waals surface area contributed by atoms with Crippen molar-refractivity contribution >= 4 is 17.2 Å². The maximum absolute atomic E-state index is 12.0. The molecular formula is C10H15N3O2S. The van der Waals surface area contributed by atoms with Crippen LogP contribution in [0.3, 0.4) is 0 Å². The van der Waals surface area contributed by atoms with Crippen molar-refractivity contribution in [1.82, 2.24) is 15.2 Å². The lowest BCUT2D eigenvalue weighted by Gasteiger charge is -2.26. The van der Waals surface area contributed by atoms with Gasteiger partial charge in [-0.25, -0.2) is 4.98 Å². The lowest BCUT2D eigenvalue weighted by Crippen LogP contribution is -2.48. The molecule has 1 saturated heterocycles. The Balaban J connectivity index is 1.88. The molecule has 88 valence electrons. The number of hydrogen-bond acceptors (Lipinski definition) is 5. The Morgan fingerprint density at radius 2 is 2.69 bits per heavy atom. The minimum Gasteiger partial charge on any atom is -0.366 e. The second kappa shape index (κ2) is 5.38. The summed E-state index contributed by atoms with van der Waals surface area (Å²) in [4.78, 5) is 17.8. The molecule has 2 heterocycles. The quantitative estimate of drug-likeness (QED) is 0.815. The number of thiazole rings is 1. The van der Waals surface area contributed by atoms with Crippen LogP contribution in [0.15, 0.2) is 10.9 Å². The smallest absolute Gasteiger partial charge is 0.253 e. The van der Waals surface area contributed by atoms with E-state index in [-0.39, 0.29) is 12.0 Å². The molecule has 1 aliphatic rings. The number of nitrogens with one attached hydrogen (secondary N) is 1. The molecule has 1 atom stereocenters. The third-order valence-corrected chi connectivity index (χ3v) is 3.10. The lowest BCUT2D eigenvalue weighted by molar-refractivity contribution is -0.144. The Labute approximate surface area is 98.4 Å². The summed E-state index contributed by atoms with van der Waals surface area (Å²) < 4.78 is 5.41. The Morgan fingerprint density at radius 1 is 1.81 bits per heavy atom. The fourth-order valence-electron chi connectivity index (χ4n) is 1.61. The molecule has 0 aliphatic carbocycles. The molecule has 1 unspecified atom stereocenters. The molecule has 0 spiro atoms. The number of likely N-dealkylation sites (N-methyl/N-ethyl adjacent to an activating group) is 1. The van der Waals surface area contributed by atoms with Gasteiger partial charge in [0.25, 0.3) is 5.91 Å². The van der Waals surface area contributed by atoms with Crippen LogP contribution >= 0.6 is 11.3 Å². The number of amides is 1. The highest BCUT2D eigenvalue weighted by Crippen LogP contribution is 2.07. The number of morpholine rings is 1. The number of carbonyl (C=O) groups excluding carboxylic acids is 1. The molecule has 0 saturated carbocycles. The Hall–Kier alpha value is -0.980. The molecule has 1 aliphatic heterocycles. The third kappa shape index (κ3) is 2.78. The standard InChI is InChI=1S/C10H15N3O2S/c1-13(5-8-6-16-7-12-8)10(14)9-4-11-2-3-15-9/h6-7,9,11H,2-5H2,1H3. The highest BCUT2D eigenvalue weighted by molar-refractivity contribution is 7.07. The molecule has 16 heavy (non-hydrogen) atoms. The van der Waals surface area contributed by atoms with E-state index in [2.05, 4.69) is 10.3 Å². The van der Waals surface area contributed by atoms with Gasteiger partial charge in [0.1, 0.15) is 6.10 Å². The summed E-state index contributed by atoms with van der Waals surface area (Å²) in [5.41, 5.74) is 2.69. The van der Waals surface area contributed by atoms with Gasteiger partial charge >= 0.3 is 0 Å². The summed E-state index contributed by atoms with van der Waals surface area (Å²) in [5.74, 6) is 0.0141. The van der Waals surface area contributed by atoms with Gasteiger partial charge in [-0.15, -0.1) is 11.3 Å². The van der Waals surface area contributed by atoms with Gasteiger partial charge in [-0.3, -0.25) is 4.79 Å². The normalized spacial score (nSPS) is 20.7. The molecule has 1 amide bonds. The van der Waals surface area contributed by atoms with Crippen molar-refractivity contribution in [2.24, 2.45) is 0 Å². The lowest BCUT2D eigenvalue weighted by atomic mass is 10.2. The van der Waals surface area contributed by atoms with Gasteiger partial charge in [-0.2, -0.15) is 0 Å². The van der Waals surface area contributed by atoms with Crippen LogP contribution in [0.1, 0.15) is 5.69 Å². The van der Waals surface area contributed by atoms with Crippen molar-refractivity contribution in [1.29, 1.82) is 0 Å². The molecule has 2 rings (SSSR count). The zero-order chi connectivity index (χ0) is 11.4. The van der Waals surface area contributed by atoms with Crippen LogP contribution in [0.25, 0.3) is 0 Å². The monoisotopic (exact) mass is 241 g/mol. The van der Waals surface area contributed by atoms with Crippen molar-refractivity contribution in [3.63, 3.8) is 0 Å². The molecule has 0 radical (unpaired) electrons. The van der Waals surface area contributed by atoms with Crippen LogP contribution in [0.5, 0.6) is 0 Å². The number of ether oxygens (including phenoxy) is 1. The van der Waals surface area contributed by atoms with Crippen LogP contribution in [-0.2, 0) is 16.1 Å². The van der Waals surface area contributed by atoms with Crippen LogP contribution in [0.4, 0.5) is 0 Å². The molecule has 1 aromatic heterocycles. The van der Waals surface area contributed by atoms with E-state index in [0.29, 0.717) is 19.7 Å². The minimum absolute atomic E-state index is 0.0141. The predicted octanol–water partition coefficient (Wildman–Crippen LogP) is 0.0899. The maximum atomic E-state index is 12.0. The third-order valence-electron chi connectivity index (χ3n) is 2.46. The van der Waals surface area contributed by atoms with E-state index in [9.17, 15) is 4.79 Å². The first-order valence-electron chi connectivity index (χ1n) is 5.22. The molecule has 1 aromatic rings. The van der Waals surface area contributed by atoms with Crippen molar-refractivity contribution in [2.45, 2.75) is 12.6 Å². The van der Waals surface area contributed by atoms with Crippen LogP contribution in [0, 0.1) is 0 Å². The van der Waals surface area contributed by atoms with E-state index in [0.717, 1.165) is 12.2 Å². The summed E-state index contributed by atoms with van der Waals surface area (Å²) >= 11 is 1.54. The highest BCUT2D eigenvalue weighted by atomic mass is 32.1. The Morgan fingerprint density at radius 3 is 3.31 bits per heavy atom. The van der Waals surface area contributed by atoms with Gasteiger partial charge < -0.3 is 15.0 Å². The largest absolute Gasteiger partial charge is 0.366 e. The van der Waals surface area contributed by atoms with E-state index in [1.807, 2.05) is 5.38 Å². The maximum Gasteiger partial charge on any atom is 0.253 e. The average molecular weight is 241 g/mol. The zero-order valence-electron chi connectivity index (χ0n) is 9.18. The molecule has 0 aromatic carbocycles. The summed E-state index contributed by atoms with van der Waals surface area (Å²) in [5, 5.41) is 5.09. The second-order valence-electron chi connectivity index (χ2n) is 3.74. The average Bonchev–Trinajstić information content (AvgIpc) is 2.82. The molecular weight excluding hydrogens is 226 g/mol. The van der Waals surface area contributed by atoms with Crippen molar-refractivity contribution in [3.8, 4) is 0 Å². The predicted molar refractivity (Wildman–Crippen MR) is 61.2 cm³/mol. The first kappa shape index (κ1) is 11.5. The fraction of sp³-hybridized carbons (Fsp3) is 0.600. The van der Waals surface area contributed by atoms with Gasteiger partial charge in [0.2, 0.25) is 0 Å². The zero-order valence-corrected chi connectivity index (χ0v) is 10.00. The van der Waals surface area contributed by atoms with Crippen molar-refractivity contribution in [3.05, 3.63) is 16.6 Å². The second-order valence-corrected chi connectivity index (χ2v) is 4.46. The fourth-order valence-corrected chi connectivity index (χ4v) is 2.16. The van der Waals surface area contributed by atoms with Gasteiger partial charge in [0.15, 0.2) is 0 Å². The van der Waals surface area contributed by atoms with Gasteiger partial charge in [0, 0.05) is 25.5 Å². The van der Waals surface area contributed by atoms with Crippen molar-refractivity contribution < 1.29 is 9.53 Å². The molecule has 1 fully saturated rings. The Kier molecular flexibility index (Phi) is 3.87. The number of nitrogens with zero attached hydrogens (tertiary/aromatic N) is 2. The summed E-state index contributed by atoms with van der Waals surface area (Å²) in [6, 6.07) is 0. The van der Waals surface area contributed by atoms with Gasteiger partial charge in [0.05, 0.1) is 24.4 Å². The highest BCUT2D eigenvalue weighted by Gasteiger charge is 2.24. The van der Waals surface area contributed by atoms with E-state index < -0.39 is 0 Å². The SMILES string of the molecule is CN(Cc1cscn1)C(=O)C1CNCCO1. The van der Waals surface area contributed by atoms with Gasteiger partial charge in [-0.05, 0) is 0 Å². The van der Waals surface area contributed by atoms with Crippen molar-refractivity contribution in [2.75, 3.05) is 26.7 Å². The molecule has 5 nitrogen and oxygen atoms in total. The van der Waals surface area contributed by atoms with E-state index in [4.69, 9.17) is 4.74 Å². The van der Waals surface area contributed by atoms with E-state index in [1.54, 1.807) is 17.5 Å². The summed E-state index contributed by atoms with van der Waals surface area (Å²) in [7, 11) is 1.78. The van der Waals surface area contributed by atoms with E-state index in [1.165, 1.54) is 11.3 Å². The topological polar surface area (TPSA) is 54.5 Å². The number of hydrogen-bond donors (Lipinski definition) is 1. The first-order chi connectivity index (χ1) is 7.77. The molecule has 0 bridgehead atoms. The Bertz CT molecular complexity index is 336. The van der Waals surface area contributed by atoms with Crippen LogP contribution < -0.4 is 5.32 Å². The first-order valence-corrected chi connectivity index (χ1v) is 6.16. The molecule has 6 heteroatoms. The summed E-state index contributed by atoms with van der Waals surface area (Å²) in [6.45, 7) is 2.56. The number of carbonyl (C=O) groups is 1. The van der Waals surface area contributed by atoms with Crippen LogP contribution in [0.2, 0.25) is 0 Å².